The second-order valence-corrected chi connectivity index (χ2v) is 6.22. The van der Waals surface area contributed by atoms with Gasteiger partial charge in [-0.15, -0.1) is 0 Å². The molecule has 0 fully saturated rings. The molecule has 3 rings (SSSR count). The van der Waals surface area contributed by atoms with Crippen molar-refractivity contribution < 1.29 is 28.6 Å². The number of hydrogen-bond donors (Lipinski definition) is 3. The molecule has 0 aliphatic heterocycles. The molecule has 0 aliphatic rings. The number of nitrogens with one attached hydrogen (secondary N) is 2. The smallest absolute Gasteiger partial charge is 0.336 e. The number of nitrogens with zero attached hydrogens (tertiary/aromatic N) is 1. The minimum Gasteiger partial charge on any atom is -0.484 e. The second-order valence-electron chi connectivity index (χ2n) is 6.22. The van der Waals surface area contributed by atoms with Gasteiger partial charge in [0, 0.05) is 5.56 Å². The summed E-state index contributed by atoms with van der Waals surface area (Å²) in [6.45, 7) is -0.489. The van der Waals surface area contributed by atoms with E-state index in [2.05, 4.69) is 15.8 Å². The monoisotopic (exact) mass is 421 g/mol. The Morgan fingerprint density at radius 2 is 1.71 bits per heavy atom. The number of carboxylic acids is 1. The van der Waals surface area contributed by atoms with Crippen molar-refractivity contribution in [2.75, 3.05) is 13.2 Å². The largest absolute Gasteiger partial charge is 0.484 e. The van der Waals surface area contributed by atoms with E-state index < -0.39 is 17.8 Å². The molecule has 1 aromatic heterocycles. The maximum atomic E-state index is 11.8. The maximum Gasteiger partial charge on any atom is 0.336 e. The van der Waals surface area contributed by atoms with E-state index in [1.54, 1.807) is 54.6 Å². The SMILES string of the molecule is O=C(COc1ccccc1)NCC(=O)N/N=C\c1ccc(-c2ccccc2C(=O)O)o1. The van der Waals surface area contributed by atoms with Crippen LogP contribution in [0.2, 0.25) is 0 Å². The third-order valence-corrected chi connectivity index (χ3v) is 3.99. The van der Waals surface area contributed by atoms with E-state index in [9.17, 15) is 19.5 Å². The van der Waals surface area contributed by atoms with Crippen LogP contribution in [0.1, 0.15) is 16.1 Å². The molecule has 0 bridgehead atoms. The summed E-state index contributed by atoms with van der Waals surface area (Å²) in [6.07, 6.45) is 1.27. The number of aromatic carboxylic acids is 1. The van der Waals surface area contributed by atoms with Gasteiger partial charge in [-0.25, -0.2) is 10.2 Å². The van der Waals surface area contributed by atoms with Crippen molar-refractivity contribution in [1.82, 2.24) is 10.7 Å². The lowest BCUT2D eigenvalue weighted by Crippen LogP contribution is -2.37. The van der Waals surface area contributed by atoms with Gasteiger partial charge in [0.05, 0.1) is 18.3 Å². The summed E-state index contributed by atoms with van der Waals surface area (Å²) in [7, 11) is 0. The number of rotatable bonds is 9. The lowest BCUT2D eigenvalue weighted by Gasteiger charge is -2.06. The molecule has 2 amide bonds. The van der Waals surface area contributed by atoms with Crippen LogP contribution in [0.4, 0.5) is 0 Å². The Kier molecular flexibility index (Phi) is 7.15. The summed E-state index contributed by atoms with van der Waals surface area (Å²) in [5.74, 6) is -0.823. The zero-order valence-electron chi connectivity index (χ0n) is 16.3. The average molecular weight is 421 g/mol. The Hall–Kier alpha value is -4.40. The number of carbonyl (C=O) groups is 3. The Morgan fingerprint density at radius 3 is 2.48 bits per heavy atom. The summed E-state index contributed by atoms with van der Waals surface area (Å²) >= 11 is 0. The van der Waals surface area contributed by atoms with Crippen LogP contribution in [0.15, 0.2) is 76.2 Å². The molecular weight excluding hydrogens is 402 g/mol. The third kappa shape index (κ3) is 6.29. The fourth-order valence-electron chi connectivity index (χ4n) is 2.55. The highest BCUT2D eigenvalue weighted by Crippen LogP contribution is 2.25. The van der Waals surface area contributed by atoms with Crippen LogP contribution in [0.3, 0.4) is 0 Å². The van der Waals surface area contributed by atoms with Crippen molar-refractivity contribution in [2.45, 2.75) is 0 Å². The van der Waals surface area contributed by atoms with Crippen LogP contribution in [0.5, 0.6) is 5.75 Å². The first kappa shape index (κ1) is 21.3. The Bertz CT molecular complexity index is 1090. The first-order chi connectivity index (χ1) is 15.0. The summed E-state index contributed by atoms with van der Waals surface area (Å²) in [4.78, 5) is 34.8. The van der Waals surface area contributed by atoms with Crippen molar-refractivity contribution in [3.05, 3.63) is 78.1 Å². The van der Waals surface area contributed by atoms with Gasteiger partial charge in [-0.2, -0.15) is 5.10 Å². The van der Waals surface area contributed by atoms with E-state index in [-0.39, 0.29) is 18.7 Å². The highest BCUT2D eigenvalue weighted by Gasteiger charge is 2.13. The molecule has 9 heteroatoms. The fraction of sp³-hybridized carbons (Fsp3) is 0.0909. The van der Waals surface area contributed by atoms with Gasteiger partial charge in [0.2, 0.25) is 0 Å². The number of hydrogen-bond acceptors (Lipinski definition) is 6. The summed E-state index contributed by atoms with van der Waals surface area (Å²) in [5.41, 5.74) is 2.80. The Balaban J connectivity index is 1.45. The van der Waals surface area contributed by atoms with Gasteiger partial charge in [-0.05, 0) is 30.3 Å². The third-order valence-electron chi connectivity index (χ3n) is 3.99. The molecular formula is C22H19N3O6. The molecule has 0 saturated carbocycles. The van der Waals surface area contributed by atoms with Crippen LogP contribution in [0, 0.1) is 0 Å². The quantitative estimate of drug-likeness (QED) is 0.359. The van der Waals surface area contributed by atoms with Crippen molar-refractivity contribution in [1.29, 1.82) is 0 Å². The average Bonchev–Trinajstić information content (AvgIpc) is 3.25. The predicted molar refractivity (Wildman–Crippen MR) is 112 cm³/mol. The van der Waals surface area contributed by atoms with Gasteiger partial charge in [-0.3, -0.25) is 9.59 Å². The van der Waals surface area contributed by atoms with E-state index in [0.717, 1.165) is 0 Å². The topological polar surface area (TPSA) is 130 Å². The van der Waals surface area contributed by atoms with E-state index in [0.29, 0.717) is 22.8 Å². The van der Waals surface area contributed by atoms with E-state index in [4.69, 9.17) is 9.15 Å². The van der Waals surface area contributed by atoms with Crippen molar-refractivity contribution in [3.63, 3.8) is 0 Å². The minimum atomic E-state index is -1.06. The first-order valence-corrected chi connectivity index (χ1v) is 9.22. The van der Waals surface area contributed by atoms with Crippen LogP contribution in [-0.2, 0) is 9.59 Å². The van der Waals surface area contributed by atoms with Crippen LogP contribution in [-0.4, -0.2) is 42.3 Å². The standard InChI is InChI=1S/C22H19N3O6/c26-20(13-23-21(27)14-30-15-6-2-1-3-7-15)25-24-12-16-10-11-19(31-16)17-8-4-5-9-18(17)22(28)29/h1-12H,13-14H2,(H,23,27)(H,25,26)(H,28,29)/b24-12-. The summed E-state index contributed by atoms with van der Waals surface area (Å²) < 4.78 is 10.8. The van der Waals surface area contributed by atoms with Gasteiger partial charge < -0.3 is 19.6 Å². The Labute approximate surface area is 177 Å². The van der Waals surface area contributed by atoms with Crippen molar-refractivity contribution >= 4 is 24.0 Å². The molecule has 0 atom stereocenters. The van der Waals surface area contributed by atoms with Crippen molar-refractivity contribution in [2.24, 2.45) is 5.10 Å². The molecule has 31 heavy (non-hydrogen) atoms. The molecule has 2 aromatic carbocycles. The number of carbonyl (C=O) groups excluding carboxylic acids is 2. The predicted octanol–water partition coefficient (Wildman–Crippen LogP) is 2.29. The van der Waals surface area contributed by atoms with Crippen LogP contribution in [0.25, 0.3) is 11.3 Å². The highest BCUT2D eigenvalue weighted by molar-refractivity contribution is 5.95. The molecule has 9 nitrogen and oxygen atoms in total. The molecule has 0 radical (unpaired) electrons. The van der Waals surface area contributed by atoms with Gasteiger partial charge in [0.25, 0.3) is 11.8 Å². The molecule has 0 saturated heterocycles. The fourth-order valence-corrected chi connectivity index (χ4v) is 2.55. The summed E-state index contributed by atoms with van der Waals surface area (Å²) in [6, 6.07) is 18.5. The molecule has 3 N–H and O–H groups in total. The van der Waals surface area contributed by atoms with Crippen LogP contribution >= 0.6 is 0 Å². The highest BCUT2D eigenvalue weighted by atomic mass is 16.5. The van der Waals surface area contributed by atoms with Crippen molar-refractivity contribution in [3.8, 4) is 17.1 Å². The number of para-hydroxylation sites is 1. The molecule has 3 aromatic rings. The molecule has 0 aliphatic carbocycles. The maximum absolute atomic E-state index is 11.8. The number of furan rings is 1. The zero-order valence-corrected chi connectivity index (χ0v) is 16.3. The lowest BCUT2D eigenvalue weighted by molar-refractivity contribution is -0.127. The van der Waals surface area contributed by atoms with Gasteiger partial charge >= 0.3 is 5.97 Å². The van der Waals surface area contributed by atoms with E-state index in [1.807, 2.05) is 6.07 Å². The van der Waals surface area contributed by atoms with Gasteiger partial charge in [0.1, 0.15) is 17.3 Å². The molecule has 0 unspecified atom stereocenters. The number of hydrazone groups is 1. The Morgan fingerprint density at radius 1 is 0.968 bits per heavy atom. The minimum absolute atomic E-state index is 0.112. The van der Waals surface area contributed by atoms with Gasteiger partial charge in [0.15, 0.2) is 6.61 Å². The number of benzene rings is 2. The normalized spacial score (nSPS) is 10.6. The zero-order chi connectivity index (χ0) is 22.1. The first-order valence-electron chi connectivity index (χ1n) is 9.22. The molecule has 158 valence electrons. The second kappa shape index (κ2) is 10.4. The number of amides is 2. The molecule has 1 heterocycles. The van der Waals surface area contributed by atoms with E-state index >= 15 is 0 Å². The summed E-state index contributed by atoms with van der Waals surface area (Å²) in [5, 5.41) is 15.4. The van der Waals surface area contributed by atoms with E-state index in [1.165, 1.54) is 12.3 Å². The van der Waals surface area contributed by atoms with Gasteiger partial charge in [-0.1, -0.05) is 36.4 Å². The lowest BCUT2D eigenvalue weighted by atomic mass is 10.1. The van der Waals surface area contributed by atoms with Crippen LogP contribution < -0.4 is 15.5 Å². The number of ether oxygens (including phenoxy) is 1. The molecule has 0 spiro atoms. The number of carboxylic acid groups (broad SMARTS) is 1.